The van der Waals surface area contributed by atoms with Crippen LogP contribution in [-0.4, -0.2) is 16.6 Å². The summed E-state index contributed by atoms with van der Waals surface area (Å²) in [5, 5.41) is 3.36. The number of benzene rings is 2. The molecule has 0 radical (unpaired) electrons. The van der Waals surface area contributed by atoms with Crippen LogP contribution in [0.4, 0.5) is 5.69 Å². The molecule has 0 spiro atoms. The highest BCUT2D eigenvalue weighted by Crippen LogP contribution is 2.31. The summed E-state index contributed by atoms with van der Waals surface area (Å²) in [7, 11) is 0. The first-order valence-electron chi connectivity index (χ1n) is 10.4. The lowest BCUT2D eigenvalue weighted by molar-refractivity contribution is 0.102. The molecule has 0 aliphatic carbocycles. The maximum absolute atomic E-state index is 12.4. The number of rotatable bonds is 6. The van der Waals surface area contributed by atoms with Crippen LogP contribution in [0.2, 0.25) is 5.02 Å². The summed E-state index contributed by atoms with van der Waals surface area (Å²) in [6.45, 7) is 12.1. The van der Waals surface area contributed by atoms with Crippen molar-refractivity contribution in [2.75, 3.05) is 5.32 Å². The Kier molecular flexibility index (Phi) is 8.01. The molecule has 3 rings (SSSR count). The number of carbonyl (C=O) groups excluding carboxylic acids is 1. The standard InChI is InChI=1S/C27H25BrClN3O/c1-16(2)18(4)26(24-14-21(28)7-6-17(24)3)31-19(5)23-9-8-22(15-25(23)29)32-27(33)20-10-12-30-13-11-20/h6-15H,1H2,2-5H3,(H,32,33)/b26-18-,31-19?. The number of allylic oxidation sites excluding steroid dienone is 2. The topological polar surface area (TPSA) is 54.4 Å². The zero-order valence-corrected chi connectivity index (χ0v) is 21.4. The van der Waals surface area contributed by atoms with Gasteiger partial charge in [-0.1, -0.05) is 45.7 Å². The van der Waals surface area contributed by atoms with E-state index in [4.69, 9.17) is 16.6 Å². The lowest BCUT2D eigenvalue weighted by Gasteiger charge is -2.14. The SMILES string of the molecule is C=C(C)/C(C)=C(\N=C(C)c1ccc(NC(=O)c2ccncc2)cc1Cl)c1cc(Br)ccc1C. The molecule has 0 fully saturated rings. The molecule has 0 aliphatic heterocycles. The Labute approximate surface area is 208 Å². The van der Waals surface area contributed by atoms with E-state index >= 15 is 0 Å². The number of halogens is 2. The lowest BCUT2D eigenvalue weighted by atomic mass is 9.99. The molecule has 0 unspecified atom stereocenters. The van der Waals surface area contributed by atoms with Crippen LogP contribution in [0.15, 0.2) is 88.1 Å². The van der Waals surface area contributed by atoms with Crippen molar-refractivity contribution in [3.05, 3.63) is 110 Å². The van der Waals surface area contributed by atoms with E-state index < -0.39 is 0 Å². The number of aryl methyl sites for hydroxylation is 1. The fourth-order valence-electron chi connectivity index (χ4n) is 3.22. The van der Waals surface area contributed by atoms with E-state index in [2.05, 4.69) is 51.9 Å². The molecular weight excluding hydrogens is 498 g/mol. The van der Waals surface area contributed by atoms with Crippen LogP contribution in [0, 0.1) is 6.92 Å². The zero-order valence-electron chi connectivity index (χ0n) is 19.0. The average molecular weight is 523 g/mol. The van der Waals surface area contributed by atoms with Crippen molar-refractivity contribution < 1.29 is 4.79 Å². The summed E-state index contributed by atoms with van der Waals surface area (Å²) < 4.78 is 0.982. The number of anilines is 1. The van der Waals surface area contributed by atoms with Gasteiger partial charge in [0.25, 0.3) is 5.91 Å². The summed E-state index contributed by atoms with van der Waals surface area (Å²) in [5.74, 6) is -0.223. The number of amides is 1. The summed E-state index contributed by atoms with van der Waals surface area (Å²) >= 11 is 10.2. The molecule has 4 nitrogen and oxygen atoms in total. The number of nitrogens with one attached hydrogen (secondary N) is 1. The molecular formula is C27H25BrClN3O. The minimum atomic E-state index is -0.223. The summed E-state index contributed by atoms with van der Waals surface area (Å²) in [4.78, 5) is 21.3. The third-order valence-corrected chi connectivity index (χ3v) is 6.09. The monoisotopic (exact) mass is 521 g/mol. The molecule has 0 saturated carbocycles. The lowest BCUT2D eigenvalue weighted by Crippen LogP contribution is -2.12. The third-order valence-electron chi connectivity index (χ3n) is 5.29. The molecule has 168 valence electrons. The highest BCUT2D eigenvalue weighted by Gasteiger charge is 2.13. The number of nitrogens with zero attached hydrogens (tertiary/aromatic N) is 2. The van der Waals surface area contributed by atoms with Gasteiger partial charge in [0.2, 0.25) is 0 Å². The second-order valence-corrected chi connectivity index (χ2v) is 9.12. The van der Waals surface area contributed by atoms with Gasteiger partial charge in [0, 0.05) is 45.0 Å². The Morgan fingerprint density at radius 1 is 1.03 bits per heavy atom. The van der Waals surface area contributed by atoms with Gasteiger partial charge in [0.1, 0.15) is 0 Å². The Morgan fingerprint density at radius 3 is 2.36 bits per heavy atom. The number of hydrogen-bond acceptors (Lipinski definition) is 3. The Morgan fingerprint density at radius 2 is 1.73 bits per heavy atom. The summed E-state index contributed by atoms with van der Waals surface area (Å²) in [6, 6.07) is 14.9. The van der Waals surface area contributed by atoms with Crippen LogP contribution in [0.5, 0.6) is 0 Å². The largest absolute Gasteiger partial charge is 0.322 e. The molecule has 0 atom stereocenters. The Hall–Kier alpha value is -3.02. The highest BCUT2D eigenvalue weighted by molar-refractivity contribution is 9.10. The van der Waals surface area contributed by atoms with E-state index in [9.17, 15) is 4.79 Å². The van der Waals surface area contributed by atoms with Gasteiger partial charge in [-0.25, -0.2) is 0 Å². The van der Waals surface area contributed by atoms with E-state index in [1.165, 1.54) is 0 Å². The van der Waals surface area contributed by atoms with Crippen LogP contribution >= 0.6 is 27.5 Å². The number of aromatic nitrogens is 1. The normalized spacial score (nSPS) is 12.2. The minimum absolute atomic E-state index is 0.223. The van der Waals surface area contributed by atoms with Crippen LogP contribution in [0.3, 0.4) is 0 Å². The van der Waals surface area contributed by atoms with Gasteiger partial charge in [-0.15, -0.1) is 0 Å². The molecule has 1 heterocycles. The van der Waals surface area contributed by atoms with Crippen LogP contribution in [0.25, 0.3) is 5.70 Å². The van der Waals surface area contributed by atoms with E-state index in [-0.39, 0.29) is 5.91 Å². The maximum Gasteiger partial charge on any atom is 0.255 e. The first-order valence-corrected chi connectivity index (χ1v) is 11.5. The van der Waals surface area contributed by atoms with Gasteiger partial charge < -0.3 is 5.32 Å². The van der Waals surface area contributed by atoms with E-state index in [1.54, 1.807) is 30.6 Å². The maximum atomic E-state index is 12.4. The molecule has 0 saturated heterocycles. The van der Waals surface area contributed by atoms with Crippen molar-refractivity contribution in [2.24, 2.45) is 4.99 Å². The van der Waals surface area contributed by atoms with Crippen LogP contribution < -0.4 is 5.32 Å². The van der Waals surface area contributed by atoms with Crippen molar-refractivity contribution in [3.63, 3.8) is 0 Å². The molecule has 0 aliphatic rings. The minimum Gasteiger partial charge on any atom is -0.322 e. The molecule has 0 bridgehead atoms. The van der Waals surface area contributed by atoms with E-state index in [0.717, 1.165) is 43.7 Å². The van der Waals surface area contributed by atoms with Gasteiger partial charge in [-0.05, 0) is 81.3 Å². The van der Waals surface area contributed by atoms with Crippen molar-refractivity contribution in [3.8, 4) is 0 Å². The second-order valence-electron chi connectivity index (χ2n) is 7.80. The third kappa shape index (κ3) is 6.06. The summed E-state index contributed by atoms with van der Waals surface area (Å²) in [6.07, 6.45) is 3.16. The molecule has 1 amide bonds. The number of aliphatic imine (C=N–C) groups is 1. The molecule has 1 N–H and O–H groups in total. The average Bonchev–Trinajstić information content (AvgIpc) is 2.79. The first kappa shape index (κ1) is 24.6. The van der Waals surface area contributed by atoms with E-state index in [0.29, 0.717) is 16.3 Å². The fourth-order valence-corrected chi connectivity index (χ4v) is 3.90. The number of carbonyl (C=O) groups is 1. The fraction of sp³-hybridized carbons (Fsp3) is 0.148. The van der Waals surface area contributed by atoms with E-state index in [1.807, 2.05) is 39.0 Å². The molecule has 33 heavy (non-hydrogen) atoms. The number of hydrogen-bond donors (Lipinski definition) is 1. The quantitative estimate of drug-likeness (QED) is 0.264. The van der Waals surface area contributed by atoms with Gasteiger partial charge >= 0.3 is 0 Å². The van der Waals surface area contributed by atoms with Crippen LogP contribution in [-0.2, 0) is 0 Å². The molecule has 3 aromatic rings. The van der Waals surface area contributed by atoms with Gasteiger partial charge in [0.15, 0.2) is 0 Å². The first-order chi connectivity index (χ1) is 15.7. The van der Waals surface area contributed by atoms with Gasteiger partial charge in [-0.2, -0.15) is 0 Å². The Bertz CT molecular complexity index is 1280. The molecule has 2 aromatic carbocycles. The second kappa shape index (κ2) is 10.7. The van der Waals surface area contributed by atoms with Crippen molar-refractivity contribution in [2.45, 2.75) is 27.7 Å². The predicted octanol–water partition coefficient (Wildman–Crippen LogP) is 7.87. The van der Waals surface area contributed by atoms with Crippen LogP contribution in [0.1, 0.15) is 47.8 Å². The van der Waals surface area contributed by atoms with Gasteiger partial charge in [-0.3, -0.25) is 14.8 Å². The highest BCUT2D eigenvalue weighted by atomic mass is 79.9. The molecule has 6 heteroatoms. The zero-order chi connectivity index (χ0) is 24.1. The predicted molar refractivity (Wildman–Crippen MR) is 142 cm³/mol. The summed E-state index contributed by atoms with van der Waals surface area (Å²) in [5.41, 5.74) is 7.64. The van der Waals surface area contributed by atoms with Crippen molar-refractivity contribution in [1.82, 2.24) is 4.98 Å². The van der Waals surface area contributed by atoms with Crippen molar-refractivity contribution >= 4 is 50.5 Å². The van der Waals surface area contributed by atoms with Crippen molar-refractivity contribution in [1.29, 1.82) is 0 Å². The smallest absolute Gasteiger partial charge is 0.255 e. The number of pyridine rings is 1. The van der Waals surface area contributed by atoms with Gasteiger partial charge in [0.05, 0.1) is 10.7 Å². The molecule has 1 aromatic heterocycles. The Balaban J connectivity index is 1.96.